The number of aromatic nitrogens is 4. The number of alkyl halides is 1. The van der Waals surface area contributed by atoms with Crippen molar-refractivity contribution in [1.82, 2.24) is 28.9 Å². The van der Waals surface area contributed by atoms with Gasteiger partial charge in [0.15, 0.2) is 28.3 Å². The maximum atomic E-state index is 17.9. The Morgan fingerprint density at radius 3 is 1.34 bits per heavy atom. The molecule has 4 aromatic heterocycles. The molecule has 0 unspecified atom stereocenters. The minimum absolute atomic E-state index is 0.0187. The third-order valence-electron chi connectivity index (χ3n) is 23.0. The summed E-state index contributed by atoms with van der Waals surface area (Å²) in [5.41, 5.74) is -3.68. The SMILES string of the molecule is CC(C)(C)[Si](C)(C)OCCBr.COc1cccc(F)c1-c1c(F)cc2c3c(c(=O)n(-c4c(C)ccnc4C(C)C)c2c1F)N(CCO[Si](C)(C)C(C)(C)C)C(=O)[C@H]1CN(C(=O)OC(C)(C)C)[C@H](C)CN31.COc1cccc(F)c1-c1c(F)cc2c3c(c(=O)n(-c4c(C)ccnc4C(C)C)c2c1F)NC(=O)[C@H]1CN(C(=O)OC(C)(C)C)[C@H](C)CN31. The van der Waals surface area contributed by atoms with Gasteiger partial charge in [-0.05, 0) is 177 Å². The normalized spacial score (nSPS) is 17.2. The lowest BCUT2D eigenvalue weighted by Gasteiger charge is -2.50. The largest absolute Gasteiger partial charge is 0.496 e. The summed E-state index contributed by atoms with van der Waals surface area (Å²) >= 11 is 3.37. The Kier molecular flexibility index (Phi) is 26.8. The summed E-state index contributed by atoms with van der Waals surface area (Å²) in [5.74, 6) is -8.26. The van der Waals surface area contributed by atoms with Crippen LogP contribution in [0.5, 0.6) is 11.5 Å². The molecule has 8 aromatic rings. The minimum Gasteiger partial charge on any atom is -0.496 e. The number of anilines is 4. The number of methoxy groups -OCH3 is 2. The number of hydrogen-bond acceptors (Lipinski definition) is 16. The van der Waals surface area contributed by atoms with E-state index >= 15 is 31.1 Å². The summed E-state index contributed by atoms with van der Waals surface area (Å²) in [6, 6.07) is 9.98. The Morgan fingerprint density at radius 2 is 0.941 bits per heavy atom. The summed E-state index contributed by atoms with van der Waals surface area (Å²) in [6.45, 7) is 47.4. The number of amides is 4. The first-order valence-electron chi connectivity index (χ1n) is 40.1. The van der Waals surface area contributed by atoms with E-state index in [0.717, 1.165) is 45.3 Å². The molecule has 2 saturated heterocycles. The second kappa shape index (κ2) is 34.7. The third-order valence-corrected chi connectivity index (χ3v) is 32.4. The van der Waals surface area contributed by atoms with Crippen molar-refractivity contribution in [2.24, 2.45) is 0 Å². The fourth-order valence-electron chi connectivity index (χ4n) is 15.0. The summed E-state index contributed by atoms with van der Waals surface area (Å²) in [7, 11) is -1.28. The molecule has 4 amide bonds. The molecule has 31 heteroatoms. The maximum Gasteiger partial charge on any atom is 0.410 e. The molecular formula is C88H113BrF6N10O12Si2. The zero-order chi connectivity index (χ0) is 88.5. The number of fused-ring (bicyclic) bond motifs is 10. The zero-order valence-corrected chi connectivity index (χ0v) is 76.7. The van der Waals surface area contributed by atoms with E-state index in [-0.39, 0.29) is 124 Å². The van der Waals surface area contributed by atoms with Crippen molar-refractivity contribution in [2.45, 2.75) is 222 Å². The van der Waals surface area contributed by atoms with Gasteiger partial charge in [0, 0.05) is 66.8 Å². The zero-order valence-electron chi connectivity index (χ0n) is 73.1. The number of benzene rings is 4. The molecule has 0 saturated carbocycles. The summed E-state index contributed by atoms with van der Waals surface area (Å²) in [6.07, 6.45) is 1.93. The molecule has 22 nitrogen and oxygen atoms in total. The van der Waals surface area contributed by atoms with Gasteiger partial charge in [0.25, 0.3) is 17.0 Å². The summed E-state index contributed by atoms with van der Waals surface area (Å²) < 4.78 is 136. The molecule has 4 atom stereocenters. The number of ether oxygens (including phenoxy) is 4. The molecule has 644 valence electrons. The van der Waals surface area contributed by atoms with Gasteiger partial charge in [-0.1, -0.05) is 97.3 Å². The van der Waals surface area contributed by atoms with Crippen molar-refractivity contribution in [1.29, 1.82) is 0 Å². The minimum atomic E-state index is -2.36. The van der Waals surface area contributed by atoms with Crippen molar-refractivity contribution >= 4 is 101 Å². The highest BCUT2D eigenvalue weighted by molar-refractivity contribution is 9.09. The van der Waals surface area contributed by atoms with Crippen LogP contribution in [0, 0.1) is 48.8 Å². The van der Waals surface area contributed by atoms with Crippen LogP contribution in [0.25, 0.3) is 55.4 Å². The number of halogens is 7. The Bertz CT molecular complexity index is 5410. The van der Waals surface area contributed by atoms with Gasteiger partial charge >= 0.3 is 12.2 Å². The van der Waals surface area contributed by atoms with E-state index in [1.807, 2.05) is 27.7 Å². The molecule has 4 aliphatic rings. The lowest BCUT2D eigenvalue weighted by atomic mass is 9.94. The van der Waals surface area contributed by atoms with Crippen LogP contribution in [0.3, 0.4) is 0 Å². The first-order valence-corrected chi connectivity index (χ1v) is 47.0. The van der Waals surface area contributed by atoms with Gasteiger partial charge in [-0.2, -0.15) is 0 Å². The number of nitrogens with one attached hydrogen (secondary N) is 1. The van der Waals surface area contributed by atoms with E-state index in [1.54, 1.807) is 104 Å². The first kappa shape index (κ1) is 92.0. The van der Waals surface area contributed by atoms with E-state index < -0.39 is 144 Å². The van der Waals surface area contributed by atoms with Crippen LogP contribution in [0.2, 0.25) is 36.3 Å². The van der Waals surface area contributed by atoms with Crippen LogP contribution in [0.1, 0.15) is 159 Å². The highest BCUT2D eigenvalue weighted by Gasteiger charge is 2.51. The molecule has 0 spiro atoms. The van der Waals surface area contributed by atoms with E-state index in [2.05, 4.69) is 98.9 Å². The first-order chi connectivity index (χ1) is 55.3. The lowest BCUT2D eigenvalue weighted by Crippen LogP contribution is -2.67. The Labute approximate surface area is 703 Å². The van der Waals surface area contributed by atoms with E-state index in [1.165, 1.54) is 53.2 Å². The molecule has 4 aromatic carbocycles. The van der Waals surface area contributed by atoms with E-state index in [0.29, 0.717) is 27.6 Å². The molecule has 0 aliphatic carbocycles. The van der Waals surface area contributed by atoms with Gasteiger partial charge in [-0.3, -0.25) is 38.3 Å². The van der Waals surface area contributed by atoms with Crippen LogP contribution in [0.15, 0.2) is 82.6 Å². The van der Waals surface area contributed by atoms with Crippen LogP contribution in [-0.2, 0) is 27.9 Å². The van der Waals surface area contributed by atoms with Gasteiger partial charge in [-0.15, -0.1) is 0 Å². The van der Waals surface area contributed by atoms with Gasteiger partial charge < -0.3 is 57.6 Å². The maximum absolute atomic E-state index is 17.9. The average molecular weight is 1750 g/mol. The fraction of sp³-hybridized carbons (Fsp3) is 0.500. The molecule has 8 heterocycles. The average Bonchev–Trinajstić information content (AvgIpc) is 0.703. The second-order valence-electron chi connectivity index (χ2n) is 36.4. The van der Waals surface area contributed by atoms with E-state index in [9.17, 15) is 24.0 Å². The van der Waals surface area contributed by atoms with Crippen molar-refractivity contribution < 1.29 is 73.3 Å². The van der Waals surface area contributed by atoms with Crippen LogP contribution in [0.4, 0.5) is 58.7 Å². The molecule has 1 N–H and O–H groups in total. The topological polar surface area (TPSA) is 222 Å². The number of pyridine rings is 4. The van der Waals surface area contributed by atoms with Crippen molar-refractivity contribution in [3.63, 3.8) is 0 Å². The molecular weight excluding hydrogens is 1640 g/mol. The van der Waals surface area contributed by atoms with Crippen LogP contribution in [-0.4, -0.2) is 170 Å². The Hall–Kier alpha value is -9.31. The highest BCUT2D eigenvalue weighted by atomic mass is 79.9. The van der Waals surface area contributed by atoms with Crippen LogP contribution < -0.4 is 40.6 Å². The number of aryl methyl sites for hydroxylation is 2. The van der Waals surface area contributed by atoms with Crippen LogP contribution >= 0.6 is 15.9 Å². The fourth-order valence-corrected chi connectivity index (χ4v) is 17.5. The third kappa shape index (κ3) is 17.9. The van der Waals surface area contributed by atoms with Gasteiger partial charge in [-0.25, -0.2) is 35.9 Å². The van der Waals surface area contributed by atoms with Gasteiger partial charge in [0.1, 0.15) is 69.4 Å². The molecule has 0 bridgehead atoms. The van der Waals surface area contributed by atoms with Gasteiger partial charge in [0.05, 0.1) is 101 Å². The Morgan fingerprint density at radius 1 is 0.538 bits per heavy atom. The molecule has 4 aliphatic heterocycles. The monoisotopic (exact) mass is 1750 g/mol. The number of piperazine rings is 2. The number of hydrogen-bond donors (Lipinski definition) is 1. The predicted molar refractivity (Wildman–Crippen MR) is 464 cm³/mol. The van der Waals surface area contributed by atoms with E-state index in [4.69, 9.17) is 27.8 Å². The highest BCUT2D eigenvalue weighted by Crippen LogP contribution is 2.50. The number of carbonyl (C=O) groups is 4. The Balaban J connectivity index is 0.000000225. The number of carbonyl (C=O) groups excluding carboxylic acids is 4. The second-order valence-corrected chi connectivity index (χ2v) is 46.9. The van der Waals surface area contributed by atoms with Crippen molar-refractivity contribution in [3.05, 3.63) is 151 Å². The molecule has 0 radical (unpaired) electrons. The number of nitrogens with zero attached hydrogens (tertiary/aromatic N) is 9. The number of rotatable bonds is 15. The quantitative estimate of drug-likeness (QED) is 0.0572. The molecule has 12 rings (SSSR count). The summed E-state index contributed by atoms with van der Waals surface area (Å²) in [5, 5.41) is 3.75. The van der Waals surface area contributed by atoms with Crippen molar-refractivity contribution in [3.8, 4) is 45.1 Å². The standard InChI is InChI=1S/C44H56F3N5O6Si.C36H38F3N5O5.C8H19BrOSi/c1-24(2)35-36(25(3)17-18-48-35)52-37-27(21-29(46)33(34(37)47)32-28(45)15-14-16-31(32)56-11)38-39(41(52)54)49(19-20-57-59(12,13)44(8,9)10)40(53)30-23-50(26(4)22-51(30)38)42(55)58-43(5,6)7;1-17(2)28-30(18(3)12-13-40-28)44-31-20(14-22(38)26(27(31)39)25-21(37)10-9-11-24(25)48-8)32-29(34(44)46)41-33(45)23-16-42(19(4)15-43(23)32)35(47)49-36(5,6)7;1-8(2,3)11(4,5)10-7-6-9/h14-18,21,24,26,30H,19-20,22-23H2,1-13H3;9-14,17,19,23H,15-16H2,1-8H3,(H,41,45);6-7H2,1-5H3/t26-,30-;19-,23-;/m11./s1. The molecule has 2 fully saturated rings. The predicted octanol–water partition coefficient (Wildman–Crippen LogP) is 19.2. The summed E-state index contributed by atoms with van der Waals surface area (Å²) in [4.78, 5) is 102. The lowest BCUT2D eigenvalue weighted by molar-refractivity contribution is -0.121. The molecule has 119 heavy (non-hydrogen) atoms. The smallest absolute Gasteiger partial charge is 0.410 e. The van der Waals surface area contributed by atoms with Gasteiger partial charge in [0.2, 0.25) is 5.91 Å². The van der Waals surface area contributed by atoms with Crippen molar-refractivity contribution in [2.75, 3.05) is 85.5 Å².